The zero-order valence-electron chi connectivity index (χ0n) is 13.7. The van der Waals surface area contributed by atoms with Crippen LogP contribution < -0.4 is 5.32 Å². The number of hydrogen-bond donors (Lipinski definition) is 1. The van der Waals surface area contributed by atoms with E-state index in [1.807, 2.05) is 11.3 Å². The van der Waals surface area contributed by atoms with E-state index >= 15 is 0 Å². The number of rotatable bonds is 3. The van der Waals surface area contributed by atoms with Crippen molar-refractivity contribution in [1.82, 2.24) is 15.2 Å². The Morgan fingerprint density at radius 1 is 1.33 bits per heavy atom. The zero-order valence-corrected chi connectivity index (χ0v) is 15.4. The second kappa shape index (κ2) is 7.33. The van der Waals surface area contributed by atoms with Crippen molar-refractivity contribution in [1.29, 1.82) is 0 Å². The number of benzene rings is 1. The van der Waals surface area contributed by atoms with Crippen molar-refractivity contribution in [2.75, 3.05) is 26.2 Å². The van der Waals surface area contributed by atoms with Gasteiger partial charge < -0.3 is 15.0 Å². The number of fused-ring (bicyclic) bond motifs is 1. The number of nitrogens with one attached hydrogen (secondary N) is 1. The van der Waals surface area contributed by atoms with E-state index < -0.39 is 0 Å². The predicted molar refractivity (Wildman–Crippen MR) is 103 cm³/mol. The largest absolute Gasteiger partial charge is 0.376 e. The molecular formula is C18H23N3OS2. The lowest BCUT2D eigenvalue weighted by Gasteiger charge is -2.34. The average Bonchev–Trinajstić information content (AvgIpc) is 3.29. The third kappa shape index (κ3) is 3.55. The summed E-state index contributed by atoms with van der Waals surface area (Å²) in [6.45, 7) is 3.74. The van der Waals surface area contributed by atoms with Crippen molar-refractivity contribution >= 4 is 38.9 Å². The normalized spacial score (nSPS) is 24.4. The lowest BCUT2D eigenvalue weighted by atomic mass is 9.99. The maximum Gasteiger partial charge on any atom is 0.169 e. The number of nitrogens with zero attached hydrogens (tertiary/aromatic N) is 2. The molecule has 1 aromatic heterocycles. The fraction of sp³-hybridized carbons (Fsp3) is 0.556. The van der Waals surface area contributed by atoms with E-state index in [9.17, 15) is 0 Å². The van der Waals surface area contributed by atoms with E-state index in [1.165, 1.54) is 29.0 Å². The molecule has 0 saturated carbocycles. The molecule has 3 heterocycles. The van der Waals surface area contributed by atoms with E-state index in [1.54, 1.807) is 0 Å². The van der Waals surface area contributed by atoms with Gasteiger partial charge in [-0.2, -0.15) is 0 Å². The van der Waals surface area contributed by atoms with Gasteiger partial charge in [0.2, 0.25) is 0 Å². The van der Waals surface area contributed by atoms with Crippen molar-refractivity contribution in [2.24, 2.45) is 0 Å². The van der Waals surface area contributed by atoms with Crippen LogP contribution in [0.25, 0.3) is 10.2 Å². The highest BCUT2D eigenvalue weighted by Crippen LogP contribution is 2.32. The first-order valence-corrected chi connectivity index (χ1v) is 10.0. The smallest absolute Gasteiger partial charge is 0.169 e. The lowest BCUT2D eigenvalue weighted by molar-refractivity contribution is 0.113. The highest BCUT2D eigenvalue weighted by atomic mass is 32.1. The summed E-state index contributed by atoms with van der Waals surface area (Å²) in [6, 6.07) is 8.40. The van der Waals surface area contributed by atoms with E-state index in [4.69, 9.17) is 21.9 Å². The van der Waals surface area contributed by atoms with Crippen LogP contribution in [0.1, 0.15) is 36.6 Å². The van der Waals surface area contributed by atoms with Gasteiger partial charge in [0, 0.05) is 32.2 Å². The molecule has 2 aliphatic heterocycles. The van der Waals surface area contributed by atoms with Crippen LogP contribution in [0.5, 0.6) is 0 Å². The monoisotopic (exact) mass is 361 g/mol. The van der Waals surface area contributed by atoms with Crippen LogP contribution in [0, 0.1) is 0 Å². The standard InChI is InChI=1S/C18H23N3OS2/c23-18(19-11-14-6-4-10-22-14)21-9-3-5-13(12-21)17-20-15-7-1-2-8-16(15)24-17/h1-2,7-8,13-14H,3-6,9-12H2,(H,19,23)/t13-,14+/m1/s1. The second-order valence-electron chi connectivity index (χ2n) is 6.63. The summed E-state index contributed by atoms with van der Waals surface area (Å²) in [5.74, 6) is 0.485. The number of likely N-dealkylation sites (tertiary alicyclic amines) is 1. The fourth-order valence-corrected chi connectivity index (χ4v) is 4.89. The molecule has 2 aromatic rings. The molecule has 0 amide bonds. The highest BCUT2D eigenvalue weighted by Gasteiger charge is 2.26. The van der Waals surface area contributed by atoms with E-state index in [2.05, 4.69) is 34.5 Å². The molecular weight excluding hydrogens is 338 g/mol. The lowest BCUT2D eigenvalue weighted by Crippen LogP contribution is -2.46. The van der Waals surface area contributed by atoms with Crippen LogP contribution in [0.3, 0.4) is 0 Å². The van der Waals surface area contributed by atoms with Gasteiger partial charge in [-0.1, -0.05) is 12.1 Å². The van der Waals surface area contributed by atoms with E-state index in [0.29, 0.717) is 12.0 Å². The number of piperidine rings is 1. The van der Waals surface area contributed by atoms with Crippen LogP contribution >= 0.6 is 23.6 Å². The van der Waals surface area contributed by atoms with Gasteiger partial charge in [0.05, 0.1) is 21.3 Å². The summed E-state index contributed by atoms with van der Waals surface area (Å²) in [6.07, 6.45) is 5.01. The number of aromatic nitrogens is 1. The second-order valence-corrected chi connectivity index (χ2v) is 8.08. The van der Waals surface area contributed by atoms with Gasteiger partial charge in [-0.3, -0.25) is 0 Å². The molecule has 128 valence electrons. The van der Waals surface area contributed by atoms with E-state index in [0.717, 1.165) is 43.3 Å². The zero-order chi connectivity index (χ0) is 16.4. The van der Waals surface area contributed by atoms with Crippen molar-refractivity contribution in [3.63, 3.8) is 0 Å². The minimum absolute atomic E-state index is 0.327. The van der Waals surface area contributed by atoms with Gasteiger partial charge in [-0.25, -0.2) is 4.98 Å². The summed E-state index contributed by atoms with van der Waals surface area (Å²) in [7, 11) is 0. The number of ether oxygens (including phenoxy) is 1. The van der Waals surface area contributed by atoms with Crippen LogP contribution in [-0.2, 0) is 4.74 Å². The van der Waals surface area contributed by atoms with E-state index in [-0.39, 0.29) is 0 Å². The Balaban J connectivity index is 1.38. The summed E-state index contributed by atoms with van der Waals surface area (Å²) < 4.78 is 6.95. The van der Waals surface area contributed by atoms with Crippen LogP contribution in [-0.4, -0.2) is 47.3 Å². The number of thiocarbonyl (C=S) groups is 1. The topological polar surface area (TPSA) is 37.4 Å². The predicted octanol–water partition coefficient (Wildman–Crippen LogP) is 3.53. The summed E-state index contributed by atoms with van der Waals surface area (Å²) >= 11 is 7.45. The number of thiazole rings is 1. The molecule has 4 rings (SSSR count). The molecule has 2 fully saturated rings. The Labute approximate surface area is 152 Å². The van der Waals surface area contributed by atoms with Gasteiger partial charge in [0.15, 0.2) is 5.11 Å². The summed E-state index contributed by atoms with van der Waals surface area (Å²) in [5.41, 5.74) is 1.12. The Kier molecular flexibility index (Phi) is 4.96. The van der Waals surface area contributed by atoms with Gasteiger partial charge >= 0.3 is 0 Å². The van der Waals surface area contributed by atoms with Gasteiger partial charge in [-0.15, -0.1) is 11.3 Å². The highest BCUT2D eigenvalue weighted by molar-refractivity contribution is 7.80. The molecule has 1 N–H and O–H groups in total. The minimum Gasteiger partial charge on any atom is -0.376 e. The Morgan fingerprint density at radius 3 is 3.08 bits per heavy atom. The first-order chi connectivity index (χ1) is 11.8. The molecule has 2 saturated heterocycles. The van der Waals surface area contributed by atoms with Crippen LogP contribution in [0.15, 0.2) is 24.3 Å². The molecule has 0 bridgehead atoms. The molecule has 24 heavy (non-hydrogen) atoms. The van der Waals surface area contributed by atoms with Gasteiger partial charge in [-0.05, 0) is 50.0 Å². The fourth-order valence-electron chi connectivity index (χ4n) is 3.55. The summed E-state index contributed by atoms with van der Waals surface area (Å²) in [4.78, 5) is 7.16. The first-order valence-electron chi connectivity index (χ1n) is 8.79. The molecule has 0 radical (unpaired) electrons. The molecule has 0 aliphatic carbocycles. The Hall–Kier alpha value is -1.24. The average molecular weight is 362 g/mol. The molecule has 4 nitrogen and oxygen atoms in total. The number of para-hydroxylation sites is 1. The molecule has 0 unspecified atom stereocenters. The Morgan fingerprint density at radius 2 is 2.25 bits per heavy atom. The third-order valence-corrected chi connectivity index (χ3v) is 6.47. The van der Waals surface area contributed by atoms with Crippen molar-refractivity contribution in [3.8, 4) is 0 Å². The molecule has 6 heteroatoms. The third-order valence-electron chi connectivity index (χ3n) is 4.87. The van der Waals surface area contributed by atoms with Crippen molar-refractivity contribution in [2.45, 2.75) is 37.7 Å². The molecule has 0 spiro atoms. The minimum atomic E-state index is 0.327. The van der Waals surface area contributed by atoms with Crippen LogP contribution in [0.2, 0.25) is 0 Å². The first kappa shape index (κ1) is 16.2. The quantitative estimate of drug-likeness (QED) is 0.847. The molecule has 2 atom stereocenters. The number of hydrogen-bond acceptors (Lipinski definition) is 4. The van der Waals surface area contributed by atoms with Crippen molar-refractivity contribution in [3.05, 3.63) is 29.3 Å². The molecule has 2 aliphatic rings. The maximum absolute atomic E-state index is 5.67. The molecule has 1 aromatic carbocycles. The van der Waals surface area contributed by atoms with Crippen LogP contribution in [0.4, 0.5) is 0 Å². The summed E-state index contributed by atoms with van der Waals surface area (Å²) in [5, 5.41) is 5.53. The van der Waals surface area contributed by atoms with Gasteiger partial charge in [0.1, 0.15) is 0 Å². The van der Waals surface area contributed by atoms with Crippen molar-refractivity contribution < 1.29 is 4.74 Å². The SMILES string of the molecule is S=C(NC[C@@H]1CCCO1)N1CCC[C@@H](c2nc3ccccc3s2)C1. The Bertz CT molecular complexity index is 678. The van der Waals surface area contributed by atoms with Gasteiger partial charge in [0.25, 0.3) is 0 Å². The maximum atomic E-state index is 5.67.